The van der Waals surface area contributed by atoms with Crippen LogP contribution in [0.5, 0.6) is 0 Å². The maximum Gasteiger partial charge on any atom is 0.164 e. The van der Waals surface area contributed by atoms with Crippen LogP contribution < -0.4 is 4.90 Å². The molecular formula is C47H32N4O. The Hall–Kier alpha value is -6.59. The molecule has 52 heavy (non-hydrogen) atoms. The van der Waals surface area contributed by atoms with Crippen LogP contribution in [0.25, 0.3) is 72.4 Å². The van der Waals surface area contributed by atoms with Crippen LogP contribution in [0, 0.1) is 11.8 Å². The molecule has 3 atom stereocenters. The smallest absolute Gasteiger partial charge is 0.164 e. The fraction of sp³-hybridized carbons (Fsp3) is 0.0851. The Kier molecular flexibility index (Phi) is 6.44. The third-order valence-corrected chi connectivity index (χ3v) is 11.0. The summed E-state index contributed by atoms with van der Waals surface area (Å²) in [6.07, 6.45) is 12.7. The molecule has 0 N–H and O–H groups in total. The van der Waals surface area contributed by atoms with Crippen LogP contribution in [0.3, 0.4) is 0 Å². The minimum atomic E-state index is 0.257. The van der Waals surface area contributed by atoms with Crippen molar-refractivity contribution in [1.82, 2.24) is 15.0 Å². The van der Waals surface area contributed by atoms with Crippen molar-refractivity contribution in [2.45, 2.75) is 12.5 Å². The Morgan fingerprint density at radius 1 is 0.577 bits per heavy atom. The number of fused-ring (bicyclic) bond motifs is 9. The molecule has 3 aliphatic rings. The Morgan fingerprint density at radius 2 is 1.33 bits per heavy atom. The standard InChI is InChI=1S/C47H32N4O/c1-2-12-30(13-3-1)45-48-46(50-47(49-45)34-22-24-43-40(27-34)38-23-21-29-11-6-7-18-36(29)44(38)52-43)33-16-10-17-35(25-33)51-41-20-9-8-19-37(41)39-26-31-14-4-5-15-32(31)28-42(39)51/h1-27,31-32,42H,28H2. The van der Waals surface area contributed by atoms with E-state index < -0.39 is 0 Å². The van der Waals surface area contributed by atoms with Crippen LogP contribution in [0.1, 0.15) is 12.0 Å². The van der Waals surface area contributed by atoms with Gasteiger partial charge in [0.2, 0.25) is 0 Å². The van der Waals surface area contributed by atoms with Gasteiger partial charge >= 0.3 is 0 Å². The lowest BCUT2D eigenvalue weighted by molar-refractivity contribution is 0.469. The van der Waals surface area contributed by atoms with Gasteiger partial charge < -0.3 is 9.32 Å². The lowest BCUT2D eigenvalue weighted by Crippen LogP contribution is -2.33. The molecule has 2 aliphatic carbocycles. The molecule has 0 saturated heterocycles. The quantitative estimate of drug-likeness (QED) is 0.187. The second-order valence-electron chi connectivity index (χ2n) is 14.0. The Morgan fingerprint density at radius 3 is 2.23 bits per heavy atom. The van der Waals surface area contributed by atoms with Gasteiger partial charge in [-0.25, -0.2) is 15.0 Å². The summed E-state index contributed by atoms with van der Waals surface area (Å²) in [5, 5.41) is 4.38. The van der Waals surface area contributed by atoms with E-state index in [4.69, 9.17) is 19.4 Å². The van der Waals surface area contributed by atoms with Crippen molar-refractivity contribution < 1.29 is 4.42 Å². The van der Waals surface area contributed by atoms with Gasteiger partial charge in [-0.3, -0.25) is 0 Å². The number of anilines is 2. The number of aromatic nitrogens is 3. The number of rotatable bonds is 4. The lowest BCUT2D eigenvalue weighted by Gasteiger charge is -2.36. The predicted octanol–water partition coefficient (Wildman–Crippen LogP) is 11.6. The molecule has 6 aromatic carbocycles. The average Bonchev–Trinajstić information content (AvgIpc) is 3.75. The van der Waals surface area contributed by atoms with Gasteiger partial charge in [-0.2, -0.15) is 0 Å². The summed E-state index contributed by atoms with van der Waals surface area (Å²) in [5.41, 5.74) is 9.67. The van der Waals surface area contributed by atoms with Crippen LogP contribution in [-0.4, -0.2) is 21.0 Å². The Labute approximate surface area is 300 Å². The topological polar surface area (TPSA) is 55.1 Å². The van der Waals surface area contributed by atoms with Crippen LogP contribution >= 0.6 is 0 Å². The van der Waals surface area contributed by atoms with Crippen LogP contribution in [0.2, 0.25) is 0 Å². The molecule has 246 valence electrons. The minimum Gasteiger partial charge on any atom is -0.455 e. The molecule has 0 spiro atoms. The van der Waals surface area contributed by atoms with E-state index >= 15 is 0 Å². The first kappa shape index (κ1) is 29.2. The fourth-order valence-corrected chi connectivity index (χ4v) is 8.51. The highest BCUT2D eigenvalue weighted by atomic mass is 16.3. The zero-order valence-electron chi connectivity index (χ0n) is 28.2. The number of benzene rings is 6. The molecule has 0 saturated carbocycles. The molecular weight excluding hydrogens is 637 g/mol. The van der Waals surface area contributed by atoms with Crippen molar-refractivity contribution >= 4 is 49.7 Å². The normalized spacial score (nSPS) is 18.8. The zero-order chi connectivity index (χ0) is 34.2. The van der Waals surface area contributed by atoms with Crippen LogP contribution in [0.4, 0.5) is 11.4 Å². The zero-order valence-corrected chi connectivity index (χ0v) is 28.2. The van der Waals surface area contributed by atoms with Gasteiger partial charge in [-0.15, -0.1) is 0 Å². The monoisotopic (exact) mass is 668 g/mol. The summed E-state index contributed by atoms with van der Waals surface area (Å²) in [6.45, 7) is 0. The molecule has 0 bridgehead atoms. The Balaban J connectivity index is 1.05. The van der Waals surface area contributed by atoms with E-state index in [1.54, 1.807) is 0 Å². The first-order valence-corrected chi connectivity index (χ1v) is 18.0. The van der Waals surface area contributed by atoms with Crippen molar-refractivity contribution in [3.8, 4) is 34.2 Å². The van der Waals surface area contributed by atoms with E-state index in [1.165, 1.54) is 16.8 Å². The van der Waals surface area contributed by atoms with Gasteiger partial charge in [0.1, 0.15) is 11.2 Å². The Bertz CT molecular complexity index is 2810. The summed E-state index contributed by atoms with van der Waals surface area (Å²) in [7, 11) is 0. The maximum atomic E-state index is 6.43. The van der Waals surface area contributed by atoms with E-state index in [0.717, 1.165) is 61.5 Å². The highest BCUT2D eigenvalue weighted by Crippen LogP contribution is 2.51. The summed E-state index contributed by atoms with van der Waals surface area (Å²) >= 11 is 0. The largest absolute Gasteiger partial charge is 0.455 e. The number of hydrogen-bond acceptors (Lipinski definition) is 5. The van der Waals surface area contributed by atoms with Crippen LogP contribution in [-0.2, 0) is 0 Å². The van der Waals surface area contributed by atoms with Crippen molar-refractivity contribution in [3.05, 3.63) is 169 Å². The molecule has 3 heterocycles. The van der Waals surface area contributed by atoms with E-state index in [-0.39, 0.29) is 6.04 Å². The van der Waals surface area contributed by atoms with Crippen molar-refractivity contribution in [2.75, 3.05) is 4.90 Å². The van der Waals surface area contributed by atoms with E-state index in [1.807, 2.05) is 24.3 Å². The van der Waals surface area contributed by atoms with Gasteiger partial charge in [0.25, 0.3) is 0 Å². The van der Waals surface area contributed by atoms with Gasteiger partial charge in [-0.1, -0.05) is 121 Å². The number of hydrogen-bond donors (Lipinski definition) is 0. The molecule has 5 nitrogen and oxygen atoms in total. The van der Waals surface area contributed by atoms with E-state index in [0.29, 0.717) is 29.3 Å². The maximum absolute atomic E-state index is 6.43. The second kappa shape index (κ2) is 11.5. The van der Waals surface area contributed by atoms with Crippen molar-refractivity contribution in [3.63, 3.8) is 0 Å². The summed E-state index contributed by atoms with van der Waals surface area (Å²) in [4.78, 5) is 17.8. The summed E-state index contributed by atoms with van der Waals surface area (Å²) < 4.78 is 6.43. The average molecular weight is 669 g/mol. The van der Waals surface area contributed by atoms with Crippen molar-refractivity contribution in [1.29, 1.82) is 0 Å². The number of furan rings is 1. The highest BCUT2D eigenvalue weighted by molar-refractivity contribution is 6.15. The van der Waals surface area contributed by atoms with Gasteiger partial charge in [0, 0.05) is 55.7 Å². The molecule has 2 aromatic heterocycles. The third kappa shape index (κ3) is 4.59. The fourth-order valence-electron chi connectivity index (χ4n) is 8.51. The van der Waals surface area contributed by atoms with Gasteiger partial charge in [0.15, 0.2) is 17.5 Å². The first-order chi connectivity index (χ1) is 25.7. The molecule has 0 amide bonds. The summed E-state index contributed by atoms with van der Waals surface area (Å²) in [6, 6.07) is 46.9. The molecule has 8 aromatic rings. The number of nitrogens with zero attached hydrogens (tertiary/aromatic N) is 4. The van der Waals surface area contributed by atoms with Crippen molar-refractivity contribution in [2.24, 2.45) is 11.8 Å². The second-order valence-corrected chi connectivity index (χ2v) is 14.0. The third-order valence-electron chi connectivity index (χ3n) is 11.0. The molecule has 1 aliphatic heterocycles. The van der Waals surface area contributed by atoms with E-state index in [2.05, 4.69) is 144 Å². The minimum absolute atomic E-state index is 0.257. The first-order valence-electron chi connectivity index (χ1n) is 18.0. The van der Waals surface area contributed by atoms with Crippen LogP contribution in [0.15, 0.2) is 168 Å². The molecule has 0 radical (unpaired) electrons. The molecule has 3 unspecified atom stereocenters. The SMILES string of the molecule is C1=CC2C=C3c4ccccc4N(c4cccc(-c5nc(-c6ccccc6)nc(-c6ccc7oc8c9ccccc9ccc8c7c6)n5)c4)C3CC2C=C1. The lowest BCUT2D eigenvalue weighted by atomic mass is 9.75. The van der Waals surface area contributed by atoms with Gasteiger partial charge in [-0.05, 0) is 65.8 Å². The molecule has 11 rings (SSSR count). The van der Waals surface area contributed by atoms with Gasteiger partial charge in [0.05, 0.1) is 6.04 Å². The summed E-state index contributed by atoms with van der Waals surface area (Å²) in [5.74, 6) is 2.83. The van der Waals surface area contributed by atoms with E-state index in [9.17, 15) is 0 Å². The highest BCUT2D eigenvalue weighted by Gasteiger charge is 2.40. The molecule has 0 fully saturated rings. The molecule has 5 heteroatoms. The number of allylic oxidation sites excluding steroid dienone is 5. The predicted molar refractivity (Wildman–Crippen MR) is 211 cm³/mol. The number of para-hydroxylation sites is 1.